The summed E-state index contributed by atoms with van der Waals surface area (Å²) in [6, 6.07) is 10.5. The Morgan fingerprint density at radius 1 is 1.24 bits per heavy atom. The molecule has 0 saturated heterocycles. The fraction of sp³-hybridized carbons (Fsp3) is 0.400. The van der Waals surface area contributed by atoms with Crippen LogP contribution in [-0.2, 0) is 20.0 Å². The molecule has 6 nitrogen and oxygen atoms in total. The highest BCUT2D eigenvalue weighted by atomic mass is 15.3. The number of nitrogens with one attached hydrogen (secondary N) is 2. The zero-order valence-electron chi connectivity index (χ0n) is 12.6. The molecule has 1 aromatic heterocycles. The van der Waals surface area contributed by atoms with Gasteiger partial charge in [0.15, 0.2) is 11.8 Å². The van der Waals surface area contributed by atoms with Crippen molar-refractivity contribution in [2.75, 3.05) is 13.6 Å². The van der Waals surface area contributed by atoms with E-state index in [4.69, 9.17) is 0 Å². The molecular weight excluding hydrogens is 264 g/mol. The van der Waals surface area contributed by atoms with Crippen LogP contribution in [0.1, 0.15) is 17.8 Å². The monoisotopic (exact) mass is 286 g/mol. The third kappa shape index (κ3) is 4.91. The van der Waals surface area contributed by atoms with Gasteiger partial charge in [-0.05, 0) is 18.4 Å². The number of benzene rings is 1. The molecule has 0 saturated carbocycles. The highest BCUT2D eigenvalue weighted by molar-refractivity contribution is 5.79. The first-order valence-electron chi connectivity index (χ1n) is 7.11. The molecule has 0 amide bonds. The molecule has 0 fully saturated rings. The van der Waals surface area contributed by atoms with E-state index in [2.05, 4.69) is 50.1 Å². The Morgan fingerprint density at radius 3 is 2.71 bits per heavy atom. The SMILES string of the molecule is CN=C(NCCCc1ccccc1)NCc1nncn1C. The van der Waals surface area contributed by atoms with Gasteiger partial charge < -0.3 is 15.2 Å². The number of guanidine groups is 1. The van der Waals surface area contributed by atoms with Crippen molar-refractivity contribution < 1.29 is 0 Å². The molecule has 21 heavy (non-hydrogen) atoms. The van der Waals surface area contributed by atoms with E-state index in [1.165, 1.54) is 5.56 Å². The molecule has 0 spiro atoms. The number of hydrogen-bond donors (Lipinski definition) is 2. The maximum Gasteiger partial charge on any atom is 0.191 e. The van der Waals surface area contributed by atoms with E-state index >= 15 is 0 Å². The average molecular weight is 286 g/mol. The second-order valence-electron chi connectivity index (χ2n) is 4.80. The van der Waals surface area contributed by atoms with Gasteiger partial charge in [-0.1, -0.05) is 30.3 Å². The lowest BCUT2D eigenvalue weighted by molar-refractivity contribution is 0.708. The van der Waals surface area contributed by atoms with Crippen LogP contribution in [-0.4, -0.2) is 34.3 Å². The van der Waals surface area contributed by atoms with E-state index < -0.39 is 0 Å². The zero-order chi connectivity index (χ0) is 14.9. The number of rotatable bonds is 6. The van der Waals surface area contributed by atoms with Crippen LogP contribution in [0.15, 0.2) is 41.7 Å². The molecule has 112 valence electrons. The van der Waals surface area contributed by atoms with Gasteiger partial charge in [-0.25, -0.2) is 0 Å². The smallest absolute Gasteiger partial charge is 0.191 e. The van der Waals surface area contributed by atoms with Crippen LogP contribution in [0, 0.1) is 0 Å². The van der Waals surface area contributed by atoms with Crippen molar-refractivity contribution in [2.45, 2.75) is 19.4 Å². The van der Waals surface area contributed by atoms with Crippen molar-refractivity contribution in [3.8, 4) is 0 Å². The molecule has 0 atom stereocenters. The minimum atomic E-state index is 0.606. The van der Waals surface area contributed by atoms with Crippen molar-refractivity contribution in [3.63, 3.8) is 0 Å². The van der Waals surface area contributed by atoms with Gasteiger partial charge in [-0.2, -0.15) is 0 Å². The molecule has 0 aliphatic rings. The predicted octanol–water partition coefficient (Wildman–Crippen LogP) is 1.11. The van der Waals surface area contributed by atoms with Gasteiger partial charge in [0, 0.05) is 20.6 Å². The van der Waals surface area contributed by atoms with E-state index in [9.17, 15) is 0 Å². The molecule has 0 aliphatic carbocycles. The molecule has 6 heteroatoms. The standard InChI is InChI=1S/C15H22N6/c1-16-15(18-11-14-20-19-12-21(14)2)17-10-6-9-13-7-4-3-5-8-13/h3-5,7-8,12H,6,9-11H2,1-2H3,(H2,16,17,18). The Morgan fingerprint density at radius 2 is 2.05 bits per heavy atom. The Labute approximate surface area is 125 Å². The predicted molar refractivity (Wildman–Crippen MR) is 84.0 cm³/mol. The highest BCUT2D eigenvalue weighted by Gasteiger charge is 2.02. The van der Waals surface area contributed by atoms with Crippen molar-refractivity contribution in [2.24, 2.45) is 12.0 Å². The number of hydrogen-bond acceptors (Lipinski definition) is 3. The zero-order valence-corrected chi connectivity index (χ0v) is 12.6. The quantitative estimate of drug-likeness (QED) is 0.474. The largest absolute Gasteiger partial charge is 0.356 e. The van der Waals surface area contributed by atoms with Crippen LogP contribution in [0.3, 0.4) is 0 Å². The number of aromatic nitrogens is 3. The van der Waals surface area contributed by atoms with Gasteiger partial charge >= 0.3 is 0 Å². The lowest BCUT2D eigenvalue weighted by Gasteiger charge is -2.11. The summed E-state index contributed by atoms with van der Waals surface area (Å²) in [5.74, 6) is 1.66. The van der Waals surface area contributed by atoms with Crippen LogP contribution in [0.5, 0.6) is 0 Å². The first-order chi connectivity index (χ1) is 10.3. The lowest BCUT2D eigenvalue weighted by atomic mass is 10.1. The van der Waals surface area contributed by atoms with E-state index in [1.54, 1.807) is 13.4 Å². The van der Waals surface area contributed by atoms with Crippen molar-refractivity contribution in [1.29, 1.82) is 0 Å². The van der Waals surface area contributed by atoms with Crippen molar-refractivity contribution >= 4 is 5.96 Å². The Kier molecular flexibility index (Phi) is 5.75. The third-order valence-electron chi connectivity index (χ3n) is 3.22. The molecule has 2 aromatic rings. The summed E-state index contributed by atoms with van der Waals surface area (Å²) in [6.45, 7) is 1.49. The molecule has 0 bridgehead atoms. The highest BCUT2D eigenvalue weighted by Crippen LogP contribution is 2.01. The lowest BCUT2D eigenvalue weighted by Crippen LogP contribution is -2.37. The number of aryl methyl sites for hydroxylation is 2. The van der Waals surface area contributed by atoms with Crippen LogP contribution >= 0.6 is 0 Å². The molecule has 0 aliphatic heterocycles. The molecule has 0 radical (unpaired) electrons. The fourth-order valence-corrected chi connectivity index (χ4v) is 1.99. The first-order valence-corrected chi connectivity index (χ1v) is 7.11. The second-order valence-corrected chi connectivity index (χ2v) is 4.80. The summed E-state index contributed by atoms with van der Waals surface area (Å²) in [4.78, 5) is 4.20. The Bertz CT molecular complexity index is 561. The summed E-state index contributed by atoms with van der Waals surface area (Å²) in [6.07, 6.45) is 3.82. The molecule has 2 rings (SSSR count). The van der Waals surface area contributed by atoms with Gasteiger partial charge in [0.05, 0.1) is 6.54 Å². The molecular formula is C15H22N6. The molecule has 1 aromatic carbocycles. The van der Waals surface area contributed by atoms with Crippen LogP contribution in [0.4, 0.5) is 0 Å². The number of aliphatic imine (C=N–C) groups is 1. The van der Waals surface area contributed by atoms with E-state index in [-0.39, 0.29) is 0 Å². The normalized spacial score (nSPS) is 11.4. The molecule has 0 unspecified atom stereocenters. The van der Waals surface area contributed by atoms with Crippen molar-refractivity contribution in [3.05, 3.63) is 48.0 Å². The van der Waals surface area contributed by atoms with Crippen LogP contribution in [0.25, 0.3) is 0 Å². The van der Waals surface area contributed by atoms with Gasteiger partial charge in [-0.3, -0.25) is 4.99 Å². The van der Waals surface area contributed by atoms with Gasteiger partial charge in [0.2, 0.25) is 0 Å². The summed E-state index contributed by atoms with van der Waals surface area (Å²) >= 11 is 0. The van der Waals surface area contributed by atoms with Crippen LogP contribution < -0.4 is 10.6 Å². The summed E-state index contributed by atoms with van der Waals surface area (Å²) < 4.78 is 1.88. The number of nitrogens with zero attached hydrogens (tertiary/aromatic N) is 4. The first kappa shape index (κ1) is 15.0. The second kappa shape index (κ2) is 8.04. The molecule has 2 N–H and O–H groups in total. The Hall–Kier alpha value is -2.37. The average Bonchev–Trinajstić information content (AvgIpc) is 2.93. The van der Waals surface area contributed by atoms with E-state index in [0.717, 1.165) is 31.2 Å². The Balaban J connectivity index is 1.67. The summed E-state index contributed by atoms with van der Waals surface area (Å²) in [5, 5.41) is 14.4. The maximum absolute atomic E-state index is 4.20. The van der Waals surface area contributed by atoms with E-state index in [1.807, 2.05) is 17.7 Å². The van der Waals surface area contributed by atoms with Gasteiger partial charge in [-0.15, -0.1) is 10.2 Å². The minimum Gasteiger partial charge on any atom is -0.356 e. The molecule has 1 heterocycles. The fourth-order valence-electron chi connectivity index (χ4n) is 1.99. The maximum atomic E-state index is 4.20. The minimum absolute atomic E-state index is 0.606. The van der Waals surface area contributed by atoms with E-state index in [0.29, 0.717) is 6.54 Å². The summed E-state index contributed by atoms with van der Waals surface area (Å²) in [5.41, 5.74) is 1.36. The third-order valence-corrected chi connectivity index (χ3v) is 3.22. The summed E-state index contributed by atoms with van der Waals surface area (Å²) in [7, 11) is 3.69. The van der Waals surface area contributed by atoms with Crippen molar-refractivity contribution in [1.82, 2.24) is 25.4 Å². The van der Waals surface area contributed by atoms with Gasteiger partial charge in [0.1, 0.15) is 6.33 Å². The van der Waals surface area contributed by atoms with Crippen LogP contribution in [0.2, 0.25) is 0 Å². The topological polar surface area (TPSA) is 67.1 Å². The van der Waals surface area contributed by atoms with Gasteiger partial charge in [0.25, 0.3) is 0 Å².